The average molecular weight is 1140 g/mol. The zero-order chi connectivity index (χ0) is 58.4. The Bertz CT molecular complexity index is 1720. The maximum absolute atomic E-state index is 12.9. The van der Waals surface area contributed by atoms with Crippen LogP contribution in [0, 0.1) is 0 Å². The van der Waals surface area contributed by atoms with E-state index in [9.17, 15) is 19.0 Å². The van der Waals surface area contributed by atoms with E-state index in [1.165, 1.54) is 128 Å². The minimum atomic E-state index is -4.40. The normalized spacial score (nSPS) is 13.9. The second kappa shape index (κ2) is 60.3. The number of allylic oxidation sites excluding steroid dienone is 18. The molecular formula is C70H123NO8P+. The molecule has 0 rings (SSSR count). The molecule has 0 aliphatic rings. The maximum atomic E-state index is 12.9. The van der Waals surface area contributed by atoms with Crippen molar-refractivity contribution < 1.29 is 42.1 Å². The van der Waals surface area contributed by atoms with Gasteiger partial charge in [0.2, 0.25) is 0 Å². The first-order valence-electron chi connectivity index (χ1n) is 32.6. The number of phosphoric ester groups is 1. The number of rotatable bonds is 59. The molecule has 0 bridgehead atoms. The van der Waals surface area contributed by atoms with Crippen molar-refractivity contribution >= 4 is 19.8 Å². The van der Waals surface area contributed by atoms with Crippen molar-refractivity contribution in [2.45, 2.75) is 277 Å². The lowest BCUT2D eigenvalue weighted by atomic mass is 10.0. The summed E-state index contributed by atoms with van der Waals surface area (Å²) in [6, 6.07) is 0. The SMILES string of the molecule is CC/C=C\C/C=C\C/C=C\C/C=C\C/C=C\CCCCCCCCCCCCCCCCCCCCCCCC(=O)OC(COC(=O)CCCCCCCC/C=C\C/C=C\C/C=C\C/C=C\CC)COP(=O)(O)OCC[N+](C)(C)C. The number of quaternary nitrogens is 1. The van der Waals surface area contributed by atoms with Crippen LogP contribution in [0.5, 0.6) is 0 Å². The number of unbranched alkanes of at least 4 members (excludes halogenated alkanes) is 27. The Morgan fingerprint density at radius 1 is 0.388 bits per heavy atom. The van der Waals surface area contributed by atoms with Crippen molar-refractivity contribution in [1.29, 1.82) is 0 Å². The number of carbonyl (C=O) groups excluding carboxylic acids is 2. The Labute approximate surface area is 493 Å². The summed E-state index contributed by atoms with van der Waals surface area (Å²) in [6.07, 6.45) is 84.7. The summed E-state index contributed by atoms with van der Waals surface area (Å²) in [5.74, 6) is -0.810. The molecule has 0 aliphatic carbocycles. The van der Waals surface area contributed by atoms with Crippen LogP contribution >= 0.6 is 7.82 Å². The molecule has 0 aromatic carbocycles. The van der Waals surface area contributed by atoms with E-state index in [0.29, 0.717) is 17.4 Å². The van der Waals surface area contributed by atoms with Crippen molar-refractivity contribution in [3.63, 3.8) is 0 Å². The van der Waals surface area contributed by atoms with Gasteiger partial charge in [-0.1, -0.05) is 271 Å². The van der Waals surface area contributed by atoms with E-state index >= 15 is 0 Å². The molecule has 0 aliphatic heterocycles. The van der Waals surface area contributed by atoms with Crippen LogP contribution in [0.1, 0.15) is 271 Å². The minimum Gasteiger partial charge on any atom is -0.462 e. The topological polar surface area (TPSA) is 108 Å². The second-order valence-electron chi connectivity index (χ2n) is 22.7. The van der Waals surface area contributed by atoms with Crippen LogP contribution in [-0.2, 0) is 32.7 Å². The fourth-order valence-corrected chi connectivity index (χ4v) is 9.60. The number of carbonyl (C=O) groups is 2. The third kappa shape index (κ3) is 63.8. The molecule has 10 heteroatoms. The Balaban J connectivity index is 4.01. The molecular weight excluding hydrogens is 1010 g/mol. The fourth-order valence-electron chi connectivity index (χ4n) is 8.86. The molecule has 0 amide bonds. The van der Waals surface area contributed by atoms with Gasteiger partial charge in [-0.3, -0.25) is 18.6 Å². The highest BCUT2D eigenvalue weighted by Gasteiger charge is 2.27. The van der Waals surface area contributed by atoms with E-state index in [0.717, 1.165) is 109 Å². The van der Waals surface area contributed by atoms with Crippen molar-refractivity contribution in [2.24, 2.45) is 0 Å². The van der Waals surface area contributed by atoms with E-state index in [-0.39, 0.29) is 32.0 Å². The van der Waals surface area contributed by atoms with Crippen LogP contribution in [0.3, 0.4) is 0 Å². The number of phosphoric acid groups is 1. The third-order valence-electron chi connectivity index (χ3n) is 13.8. The molecule has 460 valence electrons. The van der Waals surface area contributed by atoms with Crippen molar-refractivity contribution in [2.75, 3.05) is 47.5 Å². The van der Waals surface area contributed by atoms with E-state index in [1.807, 2.05) is 21.1 Å². The van der Waals surface area contributed by atoms with Crippen molar-refractivity contribution in [3.8, 4) is 0 Å². The van der Waals surface area contributed by atoms with Gasteiger partial charge in [0.05, 0.1) is 27.7 Å². The molecule has 1 N–H and O–H groups in total. The Morgan fingerprint density at radius 2 is 0.675 bits per heavy atom. The quantitative estimate of drug-likeness (QED) is 0.0211. The van der Waals surface area contributed by atoms with Crippen LogP contribution in [0.2, 0.25) is 0 Å². The van der Waals surface area contributed by atoms with E-state index < -0.39 is 26.5 Å². The lowest BCUT2D eigenvalue weighted by Gasteiger charge is -2.24. The summed E-state index contributed by atoms with van der Waals surface area (Å²) in [4.78, 5) is 35.8. The number of likely N-dealkylation sites (N-methyl/N-ethyl adjacent to an activating group) is 1. The monoisotopic (exact) mass is 1140 g/mol. The first-order chi connectivity index (χ1) is 39.0. The molecule has 0 fully saturated rings. The van der Waals surface area contributed by atoms with Gasteiger partial charge in [-0.15, -0.1) is 0 Å². The lowest BCUT2D eigenvalue weighted by molar-refractivity contribution is -0.870. The Kier molecular flexibility index (Phi) is 57.8. The predicted octanol–water partition coefficient (Wildman–Crippen LogP) is 20.9. The summed E-state index contributed by atoms with van der Waals surface area (Å²) in [5, 5.41) is 0. The van der Waals surface area contributed by atoms with Crippen LogP contribution in [0.4, 0.5) is 0 Å². The third-order valence-corrected chi connectivity index (χ3v) is 14.8. The molecule has 0 saturated heterocycles. The van der Waals surface area contributed by atoms with Gasteiger partial charge in [0.1, 0.15) is 19.8 Å². The van der Waals surface area contributed by atoms with Crippen LogP contribution in [-0.4, -0.2) is 74.9 Å². The minimum absolute atomic E-state index is 0.0260. The molecule has 0 spiro atoms. The Morgan fingerprint density at radius 3 is 1.00 bits per heavy atom. The molecule has 0 aromatic heterocycles. The van der Waals surface area contributed by atoms with E-state index in [1.54, 1.807) is 0 Å². The smallest absolute Gasteiger partial charge is 0.462 e. The van der Waals surface area contributed by atoms with Gasteiger partial charge in [0.15, 0.2) is 6.10 Å². The van der Waals surface area contributed by atoms with Gasteiger partial charge < -0.3 is 18.9 Å². The van der Waals surface area contributed by atoms with Gasteiger partial charge in [-0.05, 0) is 96.3 Å². The summed E-state index contributed by atoms with van der Waals surface area (Å²) in [7, 11) is 1.47. The van der Waals surface area contributed by atoms with Crippen LogP contribution in [0.25, 0.3) is 0 Å². The largest absolute Gasteiger partial charge is 0.472 e. The molecule has 0 saturated carbocycles. The van der Waals surface area contributed by atoms with Gasteiger partial charge in [0, 0.05) is 12.8 Å². The zero-order valence-electron chi connectivity index (χ0n) is 52.3. The highest BCUT2D eigenvalue weighted by atomic mass is 31.2. The number of esters is 2. The van der Waals surface area contributed by atoms with Gasteiger partial charge in [-0.25, -0.2) is 4.57 Å². The summed E-state index contributed by atoms with van der Waals surface area (Å²) >= 11 is 0. The molecule has 2 unspecified atom stereocenters. The molecule has 0 aromatic rings. The molecule has 0 radical (unpaired) electrons. The van der Waals surface area contributed by atoms with E-state index in [4.69, 9.17) is 18.5 Å². The second-order valence-corrected chi connectivity index (χ2v) is 24.2. The molecule has 2 atom stereocenters. The average Bonchev–Trinajstić information content (AvgIpc) is 3.42. The molecule has 0 heterocycles. The summed E-state index contributed by atoms with van der Waals surface area (Å²) in [6.45, 7) is 4.20. The van der Waals surface area contributed by atoms with Crippen LogP contribution < -0.4 is 0 Å². The van der Waals surface area contributed by atoms with Gasteiger partial charge >= 0.3 is 19.8 Å². The van der Waals surface area contributed by atoms with Crippen molar-refractivity contribution in [1.82, 2.24) is 0 Å². The maximum Gasteiger partial charge on any atom is 0.472 e. The van der Waals surface area contributed by atoms with Gasteiger partial charge in [-0.2, -0.15) is 0 Å². The highest BCUT2D eigenvalue weighted by Crippen LogP contribution is 2.43. The lowest BCUT2D eigenvalue weighted by Crippen LogP contribution is -2.37. The highest BCUT2D eigenvalue weighted by molar-refractivity contribution is 7.47. The van der Waals surface area contributed by atoms with Crippen LogP contribution in [0.15, 0.2) is 109 Å². The number of hydrogen-bond acceptors (Lipinski definition) is 7. The number of hydrogen-bond donors (Lipinski definition) is 1. The zero-order valence-corrected chi connectivity index (χ0v) is 53.2. The summed E-state index contributed by atoms with van der Waals surface area (Å²) < 4.78 is 34.6. The molecule has 9 nitrogen and oxygen atoms in total. The summed E-state index contributed by atoms with van der Waals surface area (Å²) in [5.41, 5.74) is 0. The van der Waals surface area contributed by atoms with Crippen molar-refractivity contribution in [3.05, 3.63) is 109 Å². The number of nitrogens with zero attached hydrogens (tertiary/aromatic N) is 1. The molecule has 80 heavy (non-hydrogen) atoms. The standard InChI is InChI=1S/C70H122NO8P/c1-6-8-10-12-14-16-18-20-22-24-26-27-28-29-30-31-32-33-34-35-36-37-38-39-40-41-42-43-45-47-49-51-53-55-57-59-61-63-70(73)79-68(67-78-80(74,75)77-65-64-71(3,4)5)66-76-69(72)62-60-58-56-54-52-50-48-46-44-25-23-21-19-17-15-13-11-9-7-2/h8-11,14-17,20-23,26-27,29-30,44,46,68H,6-7,12-13,18-19,24-25,28,31-43,45,47-67H2,1-5H3/p+1/b10-8-,11-9-,16-14-,17-15-,22-20-,23-21-,27-26-,30-29-,46-44-. The fraction of sp³-hybridized carbons (Fsp3) is 0.714. The first-order valence-corrected chi connectivity index (χ1v) is 34.1. The predicted molar refractivity (Wildman–Crippen MR) is 344 cm³/mol. The van der Waals surface area contributed by atoms with E-state index in [2.05, 4.69) is 123 Å². The number of ether oxygens (including phenoxy) is 2. The Hall–Kier alpha value is -3.33. The first kappa shape index (κ1) is 76.7. The van der Waals surface area contributed by atoms with Gasteiger partial charge in [0.25, 0.3) is 0 Å².